The quantitative estimate of drug-likeness (QED) is 0.773. The fourth-order valence-corrected chi connectivity index (χ4v) is 3.16. The Morgan fingerprint density at radius 2 is 2.04 bits per heavy atom. The molecule has 1 atom stereocenters. The summed E-state index contributed by atoms with van der Waals surface area (Å²) in [6.45, 7) is 2.48. The molecule has 1 saturated heterocycles. The third-order valence-electron chi connectivity index (χ3n) is 4.40. The lowest BCUT2D eigenvalue weighted by Crippen LogP contribution is -2.43. The molecular weight excluding hydrogens is 345 g/mol. The number of amides is 1. The molecule has 0 saturated carbocycles. The standard InChI is InChI=1S/C19H21F3N2O2/c1-2-3-10-26-14-11-13-6-4-5-7-15(13)16(12-14)18(19(20,21)22)24-9-8-17(25)23-24/h4-7,11-12,18H,2-3,8-10H2,1H3,(H,23,25)/t18-/m0/s1. The van der Waals surface area contributed by atoms with Gasteiger partial charge in [-0.15, -0.1) is 0 Å². The van der Waals surface area contributed by atoms with Crippen LogP contribution in [0.3, 0.4) is 0 Å². The first-order valence-electron chi connectivity index (χ1n) is 8.68. The Morgan fingerprint density at radius 3 is 2.69 bits per heavy atom. The molecule has 140 valence electrons. The predicted molar refractivity (Wildman–Crippen MR) is 92.6 cm³/mol. The molecule has 0 spiro atoms. The number of hydrazine groups is 1. The van der Waals surface area contributed by atoms with E-state index in [2.05, 4.69) is 5.43 Å². The Labute approximate surface area is 149 Å². The summed E-state index contributed by atoms with van der Waals surface area (Å²) in [6.07, 6.45) is -2.72. The second-order valence-electron chi connectivity index (χ2n) is 6.36. The number of hydrogen-bond donors (Lipinski definition) is 1. The highest BCUT2D eigenvalue weighted by atomic mass is 19.4. The second-order valence-corrected chi connectivity index (χ2v) is 6.36. The molecule has 1 amide bonds. The summed E-state index contributed by atoms with van der Waals surface area (Å²) in [7, 11) is 0. The molecule has 1 N–H and O–H groups in total. The number of halogens is 3. The minimum Gasteiger partial charge on any atom is -0.494 e. The first-order valence-corrected chi connectivity index (χ1v) is 8.68. The number of alkyl halides is 3. The van der Waals surface area contributed by atoms with Gasteiger partial charge in [-0.3, -0.25) is 10.2 Å². The topological polar surface area (TPSA) is 41.6 Å². The van der Waals surface area contributed by atoms with Gasteiger partial charge in [0.05, 0.1) is 6.61 Å². The highest BCUT2D eigenvalue weighted by molar-refractivity contribution is 5.88. The summed E-state index contributed by atoms with van der Waals surface area (Å²) in [5.41, 5.74) is 2.42. The lowest BCUT2D eigenvalue weighted by molar-refractivity contribution is -0.190. The van der Waals surface area contributed by atoms with Gasteiger partial charge in [0.15, 0.2) is 6.04 Å². The van der Waals surface area contributed by atoms with Crippen LogP contribution in [0.4, 0.5) is 13.2 Å². The van der Waals surface area contributed by atoms with Crippen LogP contribution in [0, 0.1) is 0 Å². The molecule has 2 aromatic rings. The van der Waals surface area contributed by atoms with Crippen molar-refractivity contribution < 1.29 is 22.7 Å². The van der Waals surface area contributed by atoms with Gasteiger partial charge < -0.3 is 4.74 Å². The van der Waals surface area contributed by atoms with E-state index in [1.54, 1.807) is 30.3 Å². The number of fused-ring (bicyclic) bond motifs is 1. The van der Waals surface area contributed by atoms with E-state index >= 15 is 0 Å². The smallest absolute Gasteiger partial charge is 0.409 e. The van der Waals surface area contributed by atoms with Gasteiger partial charge in [-0.1, -0.05) is 37.6 Å². The fraction of sp³-hybridized carbons (Fsp3) is 0.421. The number of ether oxygens (including phenoxy) is 1. The maximum atomic E-state index is 13.9. The van der Waals surface area contributed by atoms with E-state index in [4.69, 9.17) is 4.74 Å². The van der Waals surface area contributed by atoms with Crippen LogP contribution < -0.4 is 10.2 Å². The van der Waals surface area contributed by atoms with E-state index in [-0.39, 0.29) is 18.5 Å². The van der Waals surface area contributed by atoms with Crippen LogP contribution in [0.2, 0.25) is 0 Å². The van der Waals surface area contributed by atoms with Crippen molar-refractivity contribution in [2.24, 2.45) is 0 Å². The van der Waals surface area contributed by atoms with E-state index < -0.39 is 18.1 Å². The van der Waals surface area contributed by atoms with E-state index in [0.29, 0.717) is 23.1 Å². The second kappa shape index (κ2) is 7.53. The lowest BCUT2D eigenvalue weighted by Gasteiger charge is -2.30. The van der Waals surface area contributed by atoms with Gasteiger partial charge in [-0.25, -0.2) is 5.01 Å². The zero-order chi connectivity index (χ0) is 18.7. The highest BCUT2D eigenvalue weighted by Crippen LogP contribution is 2.42. The first-order chi connectivity index (χ1) is 12.4. The SMILES string of the molecule is CCCCOc1cc([C@H](N2CCC(=O)N2)C(F)(F)F)c2ccccc2c1. The number of unbranched alkanes of at least 4 members (excludes halogenated alkanes) is 1. The predicted octanol–water partition coefficient (Wildman–Crippen LogP) is 4.36. The van der Waals surface area contributed by atoms with Crippen LogP contribution in [-0.2, 0) is 4.79 Å². The van der Waals surface area contributed by atoms with Crippen molar-refractivity contribution in [3.05, 3.63) is 42.0 Å². The van der Waals surface area contributed by atoms with Crippen molar-refractivity contribution in [2.45, 2.75) is 38.4 Å². The molecule has 0 aliphatic carbocycles. The number of nitrogens with one attached hydrogen (secondary N) is 1. The number of rotatable bonds is 6. The number of nitrogens with zero attached hydrogens (tertiary/aromatic N) is 1. The molecule has 1 aliphatic heterocycles. The molecule has 2 aromatic carbocycles. The zero-order valence-corrected chi connectivity index (χ0v) is 14.5. The Balaban J connectivity index is 2.08. The summed E-state index contributed by atoms with van der Waals surface area (Å²) in [4.78, 5) is 11.5. The van der Waals surface area contributed by atoms with Gasteiger partial charge >= 0.3 is 6.18 Å². The molecule has 0 bridgehead atoms. The van der Waals surface area contributed by atoms with Gasteiger partial charge in [-0.05, 0) is 34.9 Å². The van der Waals surface area contributed by atoms with Crippen molar-refractivity contribution in [3.63, 3.8) is 0 Å². The number of carbonyl (C=O) groups excluding carboxylic acids is 1. The largest absolute Gasteiger partial charge is 0.494 e. The Bertz CT molecular complexity index is 792. The molecule has 0 radical (unpaired) electrons. The fourth-order valence-electron chi connectivity index (χ4n) is 3.16. The zero-order valence-electron chi connectivity index (χ0n) is 14.5. The van der Waals surface area contributed by atoms with Crippen LogP contribution in [0.15, 0.2) is 36.4 Å². The van der Waals surface area contributed by atoms with Crippen molar-refractivity contribution >= 4 is 16.7 Å². The maximum absolute atomic E-state index is 13.9. The van der Waals surface area contributed by atoms with Gasteiger partial charge in [-0.2, -0.15) is 13.2 Å². The van der Waals surface area contributed by atoms with Gasteiger partial charge in [0.2, 0.25) is 5.91 Å². The van der Waals surface area contributed by atoms with Crippen molar-refractivity contribution in [1.29, 1.82) is 0 Å². The summed E-state index contributed by atoms with van der Waals surface area (Å²) in [5.74, 6) is 0.00540. The molecule has 0 unspecified atom stereocenters. The summed E-state index contributed by atoms with van der Waals surface area (Å²) < 4.78 is 47.4. The average molecular weight is 366 g/mol. The third kappa shape index (κ3) is 3.93. The minimum absolute atomic E-state index is 0.0122. The van der Waals surface area contributed by atoms with Crippen LogP contribution in [0.25, 0.3) is 10.8 Å². The molecule has 1 heterocycles. The van der Waals surface area contributed by atoms with Crippen molar-refractivity contribution in [1.82, 2.24) is 10.4 Å². The lowest BCUT2D eigenvalue weighted by atomic mass is 9.97. The molecule has 3 rings (SSSR count). The maximum Gasteiger partial charge on any atom is 0.409 e. The Hall–Kier alpha value is -2.28. The van der Waals surface area contributed by atoms with Gasteiger partial charge in [0.25, 0.3) is 0 Å². The molecule has 7 heteroatoms. The van der Waals surface area contributed by atoms with Crippen molar-refractivity contribution in [2.75, 3.05) is 13.2 Å². The number of carbonyl (C=O) groups is 1. The van der Waals surface area contributed by atoms with Crippen LogP contribution in [0.1, 0.15) is 37.8 Å². The number of benzene rings is 2. The third-order valence-corrected chi connectivity index (χ3v) is 4.40. The van der Waals surface area contributed by atoms with Gasteiger partial charge in [0.1, 0.15) is 5.75 Å². The average Bonchev–Trinajstić information content (AvgIpc) is 3.00. The highest BCUT2D eigenvalue weighted by Gasteiger charge is 2.47. The molecule has 26 heavy (non-hydrogen) atoms. The van der Waals surface area contributed by atoms with Crippen LogP contribution >= 0.6 is 0 Å². The number of hydrogen-bond acceptors (Lipinski definition) is 3. The van der Waals surface area contributed by atoms with E-state index in [1.807, 2.05) is 6.92 Å². The van der Waals surface area contributed by atoms with Crippen LogP contribution in [0.5, 0.6) is 5.75 Å². The first kappa shape index (κ1) is 18.5. The molecule has 1 fully saturated rings. The summed E-state index contributed by atoms with van der Waals surface area (Å²) >= 11 is 0. The van der Waals surface area contributed by atoms with Crippen molar-refractivity contribution in [3.8, 4) is 5.75 Å². The van der Waals surface area contributed by atoms with E-state index in [1.165, 1.54) is 6.07 Å². The van der Waals surface area contributed by atoms with E-state index in [9.17, 15) is 18.0 Å². The Kier molecular flexibility index (Phi) is 5.36. The minimum atomic E-state index is -4.54. The molecular formula is C19H21F3N2O2. The normalized spacial score (nSPS) is 16.7. The Morgan fingerprint density at radius 1 is 1.27 bits per heavy atom. The van der Waals surface area contributed by atoms with E-state index in [0.717, 1.165) is 17.9 Å². The monoisotopic (exact) mass is 366 g/mol. The molecule has 1 aliphatic rings. The molecule has 0 aromatic heterocycles. The molecule has 4 nitrogen and oxygen atoms in total. The van der Waals surface area contributed by atoms with Gasteiger partial charge in [0, 0.05) is 13.0 Å². The summed E-state index contributed by atoms with van der Waals surface area (Å²) in [6, 6.07) is 8.19. The summed E-state index contributed by atoms with van der Waals surface area (Å²) in [5, 5.41) is 2.15. The van der Waals surface area contributed by atoms with Crippen LogP contribution in [-0.4, -0.2) is 30.2 Å².